The number of hydrogen-bond donors (Lipinski definition) is 1. The van der Waals surface area contributed by atoms with Crippen molar-refractivity contribution in [2.24, 2.45) is 5.41 Å². The average molecular weight is 240 g/mol. The molecule has 1 N–H and O–H groups in total. The Hall–Kier alpha value is -0.900. The Labute approximate surface area is 104 Å². The van der Waals surface area contributed by atoms with E-state index in [-0.39, 0.29) is 17.4 Å². The van der Waals surface area contributed by atoms with Crippen LogP contribution in [-0.4, -0.2) is 35.3 Å². The van der Waals surface area contributed by atoms with Gasteiger partial charge in [0.25, 0.3) is 0 Å². The maximum atomic E-state index is 11.9. The fourth-order valence-electron chi connectivity index (χ4n) is 1.95. The first-order valence-electron chi connectivity index (χ1n) is 6.23. The van der Waals surface area contributed by atoms with Gasteiger partial charge in [-0.05, 0) is 33.7 Å². The van der Waals surface area contributed by atoms with Crippen LogP contribution in [-0.2, 0) is 9.59 Å². The Kier molecular flexibility index (Phi) is 3.97. The highest BCUT2D eigenvalue weighted by molar-refractivity contribution is 6.05. The molecule has 98 valence electrons. The Morgan fingerprint density at radius 2 is 1.88 bits per heavy atom. The Balaban J connectivity index is 2.38. The molecule has 0 aromatic rings. The fourth-order valence-corrected chi connectivity index (χ4v) is 1.95. The molecule has 0 spiro atoms. The number of likely N-dealkylation sites (tertiary alicyclic amines) is 1. The lowest BCUT2D eigenvalue weighted by atomic mass is 9.92. The molecular formula is C13H24N2O2. The van der Waals surface area contributed by atoms with Gasteiger partial charge in [-0.2, -0.15) is 0 Å². The second-order valence-corrected chi connectivity index (χ2v) is 6.44. The fraction of sp³-hybridized carbons (Fsp3) is 0.846. The summed E-state index contributed by atoms with van der Waals surface area (Å²) in [7, 11) is 0. The molecule has 1 rings (SSSR count). The summed E-state index contributed by atoms with van der Waals surface area (Å²) >= 11 is 0. The van der Waals surface area contributed by atoms with Gasteiger partial charge < -0.3 is 5.32 Å². The number of carbonyl (C=O) groups excluding carboxylic acids is 2. The first-order valence-corrected chi connectivity index (χ1v) is 6.23. The number of rotatable bonds is 4. The molecule has 2 amide bonds. The summed E-state index contributed by atoms with van der Waals surface area (Å²) in [5.74, 6) is -0.0611. The topological polar surface area (TPSA) is 49.4 Å². The molecule has 0 bridgehead atoms. The van der Waals surface area contributed by atoms with Gasteiger partial charge in [-0.25, -0.2) is 0 Å². The normalized spacial score (nSPS) is 20.2. The molecule has 4 heteroatoms. The third-order valence-corrected chi connectivity index (χ3v) is 2.93. The van der Waals surface area contributed by atoms with Gasteiger partial charge in [0.05, 0.1) is 5.41 Å². The van der Waals surface area contributed by atoms with E-state index in [0.717, 1.165) is 13.0 Å². The van der Waals surface area contributed by atoms with Crippen molar-refractivity contribution in [3.63, 3.8) is 0 Å². The van der Waals surface area contributed by atoms with Crippen molar-refractivity contribution in [2.75, 3.05) is 13.1 Å². The number of hydrogen-bond acceptors (Lipinski definition) is 3. The summed E-state index contributed by atoms with van der Waals surface area (Å²) in [4.78, 5) is 25.0. The highest BCUT2D eigenvalue weighted by Gasteiger charge is 2.44. The van der Waals surface area contributed by atoms with Crippen LogP contribution in [0.1, 0.15) is 47.5 Å². The van der Waals surface area contributed by atoms with Gasteiger partial charge in [-0.15, -0.1) is 0 Å². The number of amides is 2. The zero-order valence-electron chi connectivity index (χ0n) is 11.6. The Bertz CT molecular complexity index is 316. The van der Waals surface area contributed by atoms with Crippen LogP contribution in [0.4, 0.5) is 0 Å². The molecule has 0 unspecified atom stereocenters. The first-order chi connectivity index (χ1) is 7.63. The van der Waals surface area contributed by atoms with Gasteiger partial charge in [0.1, 0.15) is 0 Å². The SMILES string of the molecule is CC(C)(C)NCCCN1C(=O)CC(C)(C)C1=O. The standard InChI is InChI=1S/C13H24N2O2/c1-12(2,3)14-7-6-8-15-10(16)9-13(4,5)11(15)17/h14H,6-9H2,1-5H3. The molecule has 0 aromatic heterocycles. The third-order valence-electron chi connectivity index (χ3n) is 2.93. The maximum absolute atomic E-state index is 11.9. The van der Waals surface area contributed by atoms with Crippen molar-refractivity contribution in [1.82, 2.24) is 10.2 Å². The minimum Gasteiger partial charge on any atom is -0.312 e. The minimum atomic E-state index is -0.505. The molecule has 17 heavy (non-hydrogen) atoms. The van der Waals surface area contributed by atoms with Gasteiger partial charge in [-0.1, -0.05) is 13.8 Å². The van der Waals surface area contributed by atoms with E-state index in [1.165, 1.54) is 4.90 Å². The maximum Gasteiger partial charge on any atom is 0.235 e. The highest BCUT2D eigenvalue weighted by atomic mass is 16.2. The van der Waals surface area contributed by atoms with E-state index < -0.39 is 5.41 Å². The van der Waals surface area contributed by atoms with Crippen molar-refractivity contribution in [1.29, 1.82) is 0 Å². The van der Waals surface area contributed by atoms with Gasteiger partial charge in [0.2, 0.25) is 11.8 Å². The van der Waals surface area contributed by atoms with Crippen LogP contribution in [0.2, 0.25) is 0 Å². The second kappa shape index (κ2) is 4.77. The molecular weight excluding hydrogens is 216 g/mol. The molecule has 0 aliphatic carbocycles. The van der Waals surface area contributed by atoms with E-state index in [1.54, 1.807) is 0 Å². The van der Waals surface area contributed by atoms with Crippen molar-refractivity contribution < 1.29 is 9.59 Å². The lowest BCUT2D eigenvalue weighted by molar-refractivity contribution is -0.140. The van der Waals surface area contributed by atoms with Gasteiger partial charge >= 0.3 is 0 Å². The van der Waals surface area contributed by atoms with Gasteiger partial charge in [-0.3, -0.25) is 14.5 Å². The number of imide groups is 1. The van der Waals surface area contributed by atoms with E-state index in [1.807, 2.05) is 13.8 Å². The van der Waals surface area contributed by atoms with Crippen LogP contribution in [0.25, 0.3) is 0 Å². The quantitative estimate of drug-likeness (QED) is 0.599. The zero-order chi connectivity index (χ0) is 13.3. The highest BCUT2D eigenvalue weighted by Crippen LogP contribution is 2.31. The average Bonchev–Trinajstić information content (AvgIpc) is 2.31. The molecule has 1 fully saturated rings. The molecule has 1 heterocycles. The Morgan fingerprint density at radius 1 is 1.29 bits per heavy atom. The third kappa shape index (κ3) is 3.80. The van der Waals surface area contributed by atoms with Crippen LogP contribution < -0.4 is 5.32 Å². The molecule has 0 aromatic carbocycles. The van der Waals surface area contributed by atoms with Crippen LogP contribution in [0, 0.1) is 5.41 Å². The predicted octanol–water partition coefficient (Wildman–Crippen LogP) is 1.55. The molecule has 1 aliphatic heterocycles. The summed E-state index contributed by atoms with van der Waals surface area (Å²) in [6, 6.07) is 0. The van der Waals surface area contributed by atoms with Gasteiger partial charge in [0.15, 0.2) is 0 Å². The largest absolute Gasteiger partial charge is 0.312 e. The van der Waals surface area contributed by atoms with E-state index >= 15 is 0 Å². The molecule has 0 radical (unpaired) electrons. The summed E-state index contributed by atoms with van der Waals surface area (Å²) in [5, 5.41) is 3.35. The van der Waals surface area contributed by atoms with Crippen LogP contribution >= 0.6 is 0 Å². The zero-order valence-corrected chi connectivity index (χ0v) is 11.6. The monoisotopic (exact) mass is 240 g/mol. The van der Waals surface area contributed by atoms with Crippen LogP contribution in [0.5, 0.6) is 0 Å². The summed E-state index contributed by atoms with van der Waals surface area (Å²) in [6.45, 7) is 11.3. The number of nitrogens with one attached hydrogen (secondary N) is 1. The van der Waals surface area contributed by atoms with E-state index in [2.05, 4.69) is 26.1 Å². The van der Waals surface area contributed by atoms with Crippen LogP contribution in [0.3, 0.4) is 0 Å². The predicted molar refractivity (Wildman–Crippen MR) is 67.5 cm³/mol. The second-order valence-electron chi connectivity index (χ2n) is 6.44. The lowest BCUT2D eigenvalue weighted by Gasteiger charge is -2.22. The molecule has 0 atom stereocenters. The number of carbonyl (C=O) groups is 2. The van der Waals surface area contributed by atoms with Crippen molar-refractivity contribution in [3.05, 3.63) is 0 Å². The first kappa shape index (κ1) is 14.2. The lowest BCUT2D eigenvalue weighted by Crippen LogP contribution is -2.39. The van der Waals surface area contributed by atoms with Crippen molar-refractivity contribution in [2.45, 2.75) is 53.0 Å². The van der Waals surface area contributed by atoms with E-state index in [9.17, 15) is 9.59 Å². The van der Waals surface area contributed by atoms with Crippen molar-refractivity contribution in [3.8, 4) is 0 Å². The van der Waals surface area contributed by atoms with Crippen LogP contribution in [0.15, 0.2) is 0 Å². The molecule has 0 saturated carbocycles. The molecule has 1 aliphatic rings. The summed E-state index contributed by atoms with van der Waals surface area (Å²) in [5.41, 5.74) is -0.424. The summed E-state index contributed by atoms with van der Waals surface area (Å²) < 4.78 is 0. The summed E-state index contributed by atoms with van der Waals surface area (Å²) in [6.07, 6.45) is 1.16. The Morgan fingerprint density at radius 3 is 2.29 bits per heavy atom. The van der Waals surface area contributed by atoms with Crippen molar-refractivity contribution >= 4 is 11.8 Å². The van der Waals surface area contributed by atoms with Gasteiger partial charge in [0, 0.05) is 18.5 Å². The van der Waals surface area contributed by atoms with E-state index in [0.29, 0.717) is 13.0 Å². The van der Waals surface area contributed by atoms with E-state index in [4.69, 9.17) is 0 Å². The smallest absolute Gasteiger partial charge is 0.235 e. The molecule has 4 nitrogen and oxygen atoms in total. The number of nitrogens with zero attached hydrogens (tertiary/aromatic N) is 1. The molecule has 1 saturated heterocycles. The minimum absolute atomic E-state index is 0.0294.